The molecule has 0 aliphatic carbocycles. The Morgan fingerprint density at radius 1 is 1.40 bits per heavy atom. The van der Waals surface area contributed by atoms with Crippen LogP contribution in [0.5, 0.6) is 0 Å². The Balaban J connectivity index is 2.34. The molecule has 0 spiro atoms. The molecule has 0 aromatic rings. The molecule has 1 aliphatic rings. The third-order valence-corrected chi connectivity index (χ3v) is 2.90. The van der Waals surface area contributed by atoms with Gasteiger partial charge in [0.15, 0.2) is 0 Å². The Hall–Kier alpha value is -0.510. The van der Waals surface area contributed by atoms with E-state index in [0.717, 1.165) is 18.8 Å². The van der Waals surface area contributed by atoms with Gasteiger partial charge in [-0.1, -0.05) is 38.8 Å². The number of aliphatic imine (C=N–C) groups is 2. The first-order chi connectivity index (χ1) is 7.38. The van der Waals surface area contributed by atoms with Gasteiger partial charge in [0.2, 0.25) is 0 Å². The fourth-order valence-corrected chi connectivity index (χ4v) is 2.05. The van der Waals surface area contributed by atoms with E-state index in [0.29, 0.717) is 6.04 Å². The van der Waals surface area contributed by atoms with Crippen LogP contribution in [0.2, 0.25) is 0 Å². The minimum Gasteiger partial charge on any atom is -0.340 e. The summed E-state index contributed by atoms with van der Waals surface area (Å²) in [6, 6.07) is 0.537. The topological polar surface area (TPSA) is 28.0 Å². The van der Waals surface area contributed by atoms with Crippen LogP contribution in [0.25, 0.3) is 0 Å². The molecule has 1 aliphatic heterocycles. The van der Waals surface area contributed by atoms with Gasteiger partial charge in [0, 0.05) is 11.8 Å². The quantitative estimate of drug-likeness (QED) is 0.613. The molecular formula is C11H20N3S. The Kier molecular flexibility index (Phi) is 6.48. The average molecular weight is 226 g/mol. The summed E-state index contributed by atoms with van der Waals surface area (Å²) in [5.41, 5.74) is 0. The molecule has 4 heteroatoms. The highest BCUT2D eigenvalue weighted by Gasteiger charge is 2.15. The fourth-order valence-electron chi connectivity index (χ4n) is 1.78. The number of hydrogen-bond donors (Lipinski definition) is 0. The first-order valence-corrected chi connectivity index (χ1v) is 6.31. The minimum atomic E-state index is 0.537. The number of unbranched alkanes of at least 4 members (excludes halogenated alkanes) is 2. The van der Waals surface area contributed by atoms with Crippen LogP contribution in [0.1, 0.15) is 39.0 Å². The van der Waals surface area contributed by atoms with Gasteiger partial charge in [-0.25, -0.2) is 4.99 Å². The van der Waals surface area contributed by atoms with E-state index in [9.17, 15) is 0 Å². The first-order valence-electron chi connectivity index (χ1n) is 5.74. The molecule has 0 N–H and O–H groups in total. The molecule has 1 atom stereocenters. The Labute approximate surface area is 98.1 Å². The second-order valence-electron chi connectivity index (χ2n) is 3.86. The molecule has 1 rings (SSSR count). The van der Waals surface area contributed by atoms with E-state index in [1.54, 1.807) is 6.34 Å². The predicted molar refractivity (Wildman–Crippen MR) is 68.7 cm³/mol. The second-order valence-corrected chi connectivity index (χ2v) is 4.27. The van der Waals surface area contributed by atoms with Crippen molar-refractivity contribution in [3.05, 3.63) is 0 Å². The minimum absolute atomic E-state index is 0.537. The lowest BCUT2D eigenvalue weighted by atomic mass is 10.1. The van der Waals surface area contributed by atoms with Crippen molar-refractivity contribution < 1.29 is 0 Å². The average Bonchev–Trinajstić information content (AvgIpc) is 2.29. The maximum absolute atomic E-state index is 5.07. The standard InChI is InChI=1S/C11H20N3S/c1-2-3-4-5-11(6-7-15)14-9-12-8-13-10-14/h8-9,11H,2-7,10H2,1H3. The number of hydrogen-bond acceptors (Lipinski definition) is 3. The van der Waals surface area contributed by atoms with Gasteiger partial charge in [0.1, 0.15) is 13.0 Å². The summed E-state index contributed by atoms with van der Waals surface area (Å²) in [7, 11) is 0. The van der Waals surface area contributed by atoms with E-state index in [4.69, 9.17) is 12.6 Å². The first kappa shape index (κ1) is 12.6. The van der Waals surface area contributed by atoms with E-state index < -0.39 is 0 Å². The summed E-state index contributed by atoms with van der Waals surface area (Å²) in [6.07, 6.45) is 9.66. The van der Waals surface area contributed by atoms with Gasteiger partial charge in [-0.3, -0.25) is 4.99 Å². The van der Waals surface area contributed by atoms with Crippen molar-refractivity contribution in [3.8, 4) is 0 Å². The highest BCUT2D eigenvalue weighted by Crippen LogP contribution is 2.14. The van der Waals surface area contributed by atoms with Crippen molar-refractivity contribution in [3.63, 3.8) is 0 Å². The molecule has 0 aromatic heterocycles. The van der Waals surface area contributed by atoms with Crippen LogP contribution >= 0.6 is 12.6 Å². The van der Waals surface area contributed by atoms with Crippen LogP contribution in [0.4, 0.5) is 0 Å². The zero-order chi connectivity index (χ0) is 10.9. The molecule has 0 saturated carbocycles. The predicted octanol–water partition coefficient (Wildman–Crippen LogP) is 2.85. The molecule has 85 valence electrons. The van der Waals surface area contributed by atoms with Crippen molar-refractivity contribution in [1.82, 2.24) is 4.90 Å². The highest BCUT2D eigenvalue weighted by atomic mass is 32.1. The zero-order valence-corrected chi connectivity index (χ0v) is 10.2. The van der Waals surface area contributed by atoms with Crippen LogP contribution < -0.4 is 0 Å². The molecule has 1 heterocycles. The van der Waals surface area contributed by atoms with Gasteiger partial charge in [0.05, 0.1) is 6.34 Å². The van der Waals surface area contributed by atoms with Crippen molar-refractivity contribution >= 4 is 25.3 Å². The van der Waals surface area contributed by atoms with Crippen LogP contribution in [-0.2, 0) is 0 Å². The molecule has 1 radical (unpaired) electrons. The van der Waals surface area contributed by atoms with Crippen LogP contribution in [-0.4, -0.2) is 36.0 Å². The van der Waals surface area contributed by atoms with Crippen molar-refractivity contribution in [2.45, 2.75) is 45.1 Å². The van der Waals surface area contributed by atoms with E-state index in [1.807, 2.05) is 6.34 Å². The summed E-state index contributed by atoms with van der Waals surface area (Å²) in [5, 5.41) is 0. The summed E-state index contributed by atoms with van der Waals surface area (Å²) in [6.45, 7) is 2.98. The summed E-state index contributed by atoms with van der Waals surface area (Å²) in [4.78, 5) is 10.4. The van der Waals surface area contributed by atoms with Crippen LogP contribution in [0, 0.1) is 0 Å². The molecule has 0 aromatic carbocycles. The zero-order valence-electron chi connectivity index (χ0n) is 9.43. The third kappa shape index (κ3) is 4.69. The maximum Gasteiger partial charge on any atom is 0.113 e. The molecule has 15 heavy (non-hydrogen) atoms. The Bertz CT molecular complexity index is 216. The highest BCUT2D eigenvalue weighted by molar-refractivity contribution is 7.80. The largest absolute Gasteiger partial charge is 0.340 e. The lowest BCUT2D eigenvalue weighted by Crippen LogP contribution is -2.36. The molecule has 0 bridgehead atoms. The lowest BCUT2D eigenvalue weighted by Gasteiger charge is -2.29. The van der Waals surface area contributed by atoms with Gasteiger partial charge >= 0.3 is 0 Å². The van der Waals surface area contributed by atoms with Crippen molar-refractivity contribution in [1.29, 1.82) is 0 Å². The molecule has 0 fully saturated rings. The molecule has 1 unspecified atom stereocenters. The number of nitrogens with zero attached hydrogens (tertiary/aromatic N) is 3. The van der Waals surface area contributed by atoms with Crippen LogP contribution in [0.15, 0.2) is 9.98 Å². The van der Waals surface area contributed by atoms with Gasteiger partial charge < -0.3 is 4.90 Å². The van der Waals surface area contributed by atoms with Crippen LogP contribution in [0.3, 0.4) is 0 Å². The van der Waals surface area contributed by atoms with Crippen molar-refractivity contribution in [2.75, 3.05) is 12.4 Å². The monoisotopic (exact) mass is 226 g/mol. The Morgan fingerprint density at radius 2 is 2.27 bits per heavy atom. The summed E-state index contributed by atoms with van der Waals surface area (Å²) >= 11 is 5.07. The van der Waals surface area contributed by atoms with Gasteiger partial charge in [-0.05, 0) is 12.8 Å². The fraction of sp³-hybridized carbons (Fsp3) is 0.818. The smallest absolute Gasteiger partial charge is 0.113 e. The van der Waals surface area contributed by atoms with Crippen molar-refractivity contribution in [2.24, 2.45) is 9.98 Å². The molecule has 0 saturated heterocycles. The SMILES string of the molecule is CCCCCC(CC[S])N1C=NC=NC1. The second kappa shape index (κ2) is 7.74. The molecular weight excluding hydrogens is 206 g/mol. The number of rotatable bonds is 7. The molecule has 0 amide bonds. The van der Waals surface area contributed by atoms with E-state index in [-0.39, 0.29) is 0 Å². The third-order valence-electron chi connectivity index (χ3n) is 2.67. The van der Waals surface area contributed by atoms with Gasteiger partial charge in [0.25, 0.3) is 0 Å². The van der Waals surface area contributed by atoms with E-state index in [1.165, 1.54) is 25.7 Å². The van der Waals surface area contributed by atoms with E-state index >= 15 is 0 Å². The van der Waals surface area contributed by atoms with Gasteiger partial charge in [-0.2, -0.15) is 0 Å². The Morgan fingerprint density at radius 3 is 2.87 bits per heavy atom. The lowest BCUT2D eigenvalue weighted by molar-refractivity contribution is 0.295. The summed E-state index contributed by atoms with van der Waals surface area (Å²) < 4.78 is 0. The summed E-state index contributed by atoms with van der Waals surface area (Å²) in [5.74, 6) is 0.824. The molecule has 3 nitrogen and oxygen atoms in total. The normalized spacial score (nSPS) is 17.1. The maximum atomic E-state index is 5.07. The van der Waals surface area contributed by atoms with Gasteiger partial charge in [-0.15, -0.1) is 0 Å². The van der Waals surface area contributed by atoms with E-state index in [2.05, 4.69) is 21.8 Å².